The lowest BCUT2D eigenvalue weighted by molar-refractivity contribution is 0.0734. The number of para-hydroxylation sites is 1. The van der Waals surface area contributed by atoms with E-state index in [1.165, 1.54) is 18.3 Å². The summed E-state index contributed by atoms with van der Waals surface area (Å²) in [5, 5.41) is 5.01. The van der Waals surface area contributed by atoms with E-state index in [-0.39, 0.29) is 11.4 Å². The predicted octanol–water partition coefficient (Wildman–Crippen LogP) is 6.92. The topological polar surface area (TPSA) is 83.5 Å². The number of H-pyrrole nitrogens is 1. The fourth-order valence-electron chi connectivity index (χ4n) is 4.11. The van der Waals surface area contributed by atoms with E-state index in [2.05, 4.69) is 15.5 Å². The Morgan fingerprint density at radius 2 is 1.76 bits per heavy atom. The third-order valence-corrected chi connectivity index (χ3v) is 6.21. The Balaban J connectivity index is 1.41. The minimum Gasteiger partial charge on any atom is -0.422 e. The number of carbonyl (C=O) groups is 2. The van der Waals surface area contributed by atoms with Gasteiger partial charge in [-0.3, -0.25) is 4.79 Å². The summed E-state index contributed by atoms with van der Waals surface area (Å²) in [5.41, 5.74) is 6.13. The molecule has 0 aliphatic carbocycles. The number of hydrazone groups is 1. The maximum atomic E-state index is 14.1. The van der Waals surface area contributed by atoms with Gasteiger partial charge in [0.2, 0.25) is 0 Å². The number of aromatic amines is 1. The Hall–Kier alpha value is -4.75. The van der Waals surface area contributed by atoms with Crippen molar-refractivity contribution in [3.05, 3.63) is 124 Å². The average Bonchev–Trinajstić information content (AvgIpc) is 3.28. The van der Waals surface area contributed by atoms with Crippen LogP contribution in [-0.4, -0.2) is 23.1 Å². The number of aryl methyl sites for hydroxylation is 1. The quantitative estimate of drug-likeness (QED) is 0.109. The van der Waals surface area contributed by atoms with Crippen molar-refractivity contribution in [3.8, 4) is 16.9 Å². The Morgan fingerprint density at radius 3 is 2.58 bits per heavy atom. The van der Waals surface area contributed by atoms with E-state index in [0.717, 1.165) is 5.56 Å². The van der Waals surface area contributed by atoms with Gasteiger partial charge < -0.3 is 9.72 Å². The molecule has 0 saturated carbocycles. The molecule has 5 aromatic rings. The molecule has 0 atom stereocenters. The van der Waals surface area contributed by atoms with E-state index in [9.17, 15) is 14.0 Å². The van der Waals surface area contributed by atoms with Crippen molar-refractivity contribution in [2.45, 2.75) is 6.92 Å². The van der Waals surface area contributed by atoms with Gasteiger partial charge in [-0.2, -0.15) is 5.10 Å². The van der Waals surface area contributed by atoms with Crippen LogP contribution in [0.1, 0.15) is 32.0 Å². The van der Waals surface area contributed by atoms with Crippen LogP contribution in [0.4, 0.5) is 4.39 Å². The van der Waals surface area contributed by atoms with Gasteiger partial charge in [0.25, 0.3) is 5.91 Å². The minimum absolute atomic E-state index is 0.176. The van der Waals surface area contributed by atoms with Crippen molar-refractivity contribution in [1.82, 2.24) is 10.4 Å². The Bertz CT molecular complexity index is 1710. The molecule has 1 aromatic heterocycles. The van der Waals surface area contributed by atoms with Crippen molar-refractivity contribution < 1.29 is 18.7 Å². The smallest absolute Gasteiger partial charge is 0.343 e. The number of nitrogens with zero attached hydrogens (tertiary/aromatic N) is 1. The Labute approximate surface area is 222 Å². The summed E-state index contributed by atoms with van der Waals surface area (Å²) >= 11 is 6.42. The lowest BCUT2D eigenvalue weighted by atomic mass is 10.0. The number of carbonyl (C=O) groups excluding carboxylic acids is 2. The predicted molar refractivity (Wildman–Crippen MR) is 146 cm³/mol. The second-order valence-electron chi connectivity index (χ2n) is 8.54. The van der Waals surface area contributed by atoms with Gasteiger partial charge in [0, 0.05) is 32.6 Å². The van der Waals surface area contributed by atoms with Crippen LogP contribution >= 0.6 is 11.6 Å². The highest BCUT2D eigenvalue weighted by Crippen LogP contribution is 2.37. The van der Waals surface area contributed by atoms with E-state index >= 15 is 0 Å². The summed E-state index contributed by atoms with van der Waals surface area (Å²) in [6.07, 6.45) is 1.38. The van der Waals surface area contributed by atoms with Gasteiger partial charge in [0.15, 0.2) is 0 Å². The molecule has 0 spiro atoms. The first-order valence-electron chi connectivity index (χ1n) is 11.7. The summed E-state index contributed by atoms with van der Waals surface area (Å²) in [6, 6.07) is 25.2. The van der Waals surface area contributed by atoms with Crippen molar-refractivity contribution >= 4 is 40.6 Å². The number of nitrogens with one attached hydrogen (secondary N) is 2. The summed E-state index contributed by atoms with van der Waals surface area (Å²) < 4.78 is 19.7. The Morgan fingerprint density at radius 1 is 0.974 bits per heavy atom. The molecule has 5 rings (SSSR count). The van der Waals surface area contributed by atoms with Gasteiger partial charge in [-0.05, 0) is 55.5 Å². The number of halogens is 2. The monoisotopic (exact) mass is 525 g/mol. The molecule has 38 heavy (non-hydrogen) atoms. The van der Waals surface area contributed by atoms with Gasteiger partial charge in [-0.25, -0.2) is 14.6 Å². The molecule has 0 unspecified atom stereocenters. The first-order valence-corrected chi connectivity index (χ1v) is 12.1. The van der Waals surface area contributed by atoms with Crippen molar-refractivity contribution in [2.24, 2.45) is 5.10 Å². The van der Waals surface area contributed by atoms with Crippen LogP contribution < -0.4 is 10.2 Å². The molecule has 0 bridgehead atoms. The van der Waals surface area contributed by atoms with E-state index in [4.69, 9.17) is 16.3 Å². The maximum Gasteiger partial charge on any atom is 0.343 e. The lowest BCUT2D eigenvalue weighted by Crippen LogP contribution is -2.19. The van der Waals surface area contributed by atoms with Crippen LogP contribution in [0.15, 0.2) is 96.1 Å². The molecule has 6 nitrogen and oxygen atoms in total. The molecule has 188 valence electrons. The highest BCUT2D eigenvalue weighted by Gasteiger charge is 2.21. The van der Waals surface area contributed by atoms with E-state index in [1.54, 1.807) is 72.8 Å². The third kappa shape index (κ3) is 5.19. The fraction of sp³-hybridized carbons (Fsp3) is 0.0333. The number of fused-ring (bicyclic) bond motifs is 1. The van der Waals surface area contributed by atoms with Crippen molar-refractivity contribution in [1.29, 1.82) is 0 Å². The molecule has 0 aliphatic heterocycles. The van der Waals surface area contributed by atoms with Crippen molar-refractivity contribution in [2.75, 3.05) is 0 Å². The van der Waals surface area contributed by atoms with Gasteiger partial charge in [0.05, 0.1) is 11.8 Å². The number of rotatable bonds is 6. The second kappa shape index (κ2) is 10.7. The van der Waals surface area contributed by atoms with Crippen LogP contribution in [0.5, 0.6) is 5.75 Å². The third-order valence-electron chi connectivity index (χ3n) is 5.88. The minimum atomic E-state index is -0.554. The molecule has 0 saturated heterocycles. The first kappa shape index (κ1) is 24.9. The lowest BCUT2D eigenvalue weighted by Gasteiger charge is -2.08. The molecular weight excluding hydrogens is 505 g/mol. The van der Waals surface area contributed by atoms with Crippen LogP contribution in [-0.2, 0) is 0 Å². The highest BCUT2D eigenvalue weighted by atomic mass is 35.5. The second-order valence-corrected chi connectivity index (χ2v) is 8.95. The van der Waals surface area contributed by atoms with E-state index in [1.807, 2.05) is 13.0 Å². The van der Waals surface area contributed by atoms with Gasteiger partial charge >= 0.3 is 5.97 Å². The van der Waals surface area contributed by atoms with Gasteiger partial charge in [-0.1, -0.05) is 59.6 Å². The van der Waals surface area contributed by atoms with E-state index < -0.39 is 17.7 Å². The summed E-state index contributed by atoms with van der Waals surface area (Å²) in [4.78, 5) is 28.9. The molecule has 1 heterocycles. The SMILES string of the molecule is Cc1cccc(C(=O)Oc2ccccc2C=NNC(=O)c2[nH]c3ccc(F)cc3c2-c2ccccc2Cl)c1. The van der Waals surface area contributed by atoms with Gasteiger partial charge in [-0.15, -0.1) is 0 Å². The number of aromatic nitrogens is 1. The molecule has 0 fully saturated rings. The first-order chi connectivity index (χ1) is 18.4. The van der Waals surface area contributed by atoms with Crippen molar-refractivity contribution in [3.63, 3.8) is 0 Å². The number of hydrogen-bond acceptors (Lipinski definition) is 4. The number of hydrogen-bond donors (Lipinski definition) is 2. The standard InChI is InChI=1S/C30H21ClFN3O3/c1-18-7-6-9-19(15-18)30(37)38-26-12-5-2-8-20(26)17-33-35-29(36)28-27(22-10-3-4-11-24(22)31)23-16-21(32)13-14-25(23)34-28/h2-17,34H,1H3,(H,35,36). The zero-order valence-corrected chi connectivity index (χ0v) is 20.9. The van der Waals surface area contributed by atoms with Crippen LogP contribution in [0.2, 0.25) is 5.02 Å². The average molecular weight is 526 g/mol. The highest BCUT2D eigenvalue weighted by molar-refractivity contribution is 6.34. The van der Waals surface area contributed by atoms with Crippen LogP contribution in [0.25, 0.3) is 22.0 Å². The van der Waals surface area contributed by atoms with E-state index in [0.29, 0.717) is 38.2 Å². The summed E-state index contributed by atoms with van der Waals surface area (Å²) in [6.45, 7) is 1.89. The molecule has 4 aromatic carbocycles. The van der Waals surface area contributed by atoms with Crippen LogP contribution in [0.3, 0.4) is 0 Å². The number of esters is 1. The number of benzene rings is 4. The molecular formula is C30H21ClFN3O3. The zero-order valence-electron chi connectivity index (χ0n) is 20.2. The van der Waals surface area contributed by atoms with Crippen LogP contribution in [0, 0.1) is 12.7 Å². The fourth-order valence-corrected chi connectivity index (χ4v) is 4.34. The maximum absolute atomic E-state index is 14.1. The zero-order chi connectivity index (χ0) is 26.6. The molecule has 0 radical (unpaired) electrons. The molecule has 1 amide bonds. The largest absolute Gasteiger partial charge is 0.422 e. The Kier molecular flexibility index (Phi) is 7.02. The summed E-state index contributed by atoms with van der Waals surface area (Å²) in [7, 11) is 0. The molecule has 0 aliphatic rings. The number of ether oxygens (including phenoxy) is 1. The normalized spacial score (nSPS) is 11.1. The van der Waals surface area contributed by atoms with Gasteiger partial charge in [0.1, 0.15) is 17.3 Å². The molecule has 8 heteroatoms. The number of amides is 1. The molecule has 2 N–H and O–H groups in total. The summed E-state index contributed by atoms with van der Waals surface area (Å²) in [5.74, 6) is -1.21.